The highest BCUT2D eigenvalue weighted by atomic mass is 16.6. The summed E-state index contributed by atoms with van der Waals surface area (Å²) >= 11 is 0. The van der Waals surface area contributed by atoms with E-state index in [4.69, 9.17) is 14.2 Å². The van der Waals surface area contributed by atoms with E-state index in [1.54, 1.807) is 0 Å². The molecule has 0 aliphatic carbocycles. The van der Waals surface area contributed by atoms with Gasteiger partial charge in [0.2, 0.25) is 0 Å². The van der Waals surface area contributed by atoms with Crippen molar-refractivity contribution < 1.29 is 34.0 Å². The van der Waals surface area contributed by atoms with Gasteiger partial charge in [-0.15, -0.1) is 0 Å². The molecule has 0 aromatic rings. The van der Waals surface area contributed by atoms with E-state index in [0.29, 0.717) is 6.61 Å². The predicted molar refractivity (Wildman–Crippen MR) is 62.4 cm³/mol. The maximum absolute atomic E-state index is 10.8. The van der Waals surface area contributed by atoms with E-state index in [0.717, 1.165) is 6.08 Å². The third-order valence-electron chi connectivity index (χ3n) is 3.07. The van der Waals surface area contributed by atoms with Gasteiger partial charge >= 0.3 is 5.97 Å². The summed E-state index contributed by atoms with van der Waals surface area (Å²) in [7, 11) is 0. The topological polar surface area (TPSA) is 94.5 Å². The van der Waals surface area contributed by atoms with Crippen LogP contribution in [0.25, 0.3) is 0 Å². The largest absolute Gasteiger partial charge is 0.460 e. The van der Waals surface area contributed by atoms with Gasteiger partial charge in [-0.2, -0.15) is 0 Å². The molecule has 19 heavy (non-hydrogen) atoms. The molecule has 2 rings (SSSR count). The molecule has 2 heterocycles. The van der Waals surface area contributed by atoms with Gasteiger partial charge in [-0.25, -0.2) is 4.79 Å². The van der Waals surface area contributed by atoms with Crippen LogP contribution in [0.3, 0.4) is 0 Å². The number of carbonyl (C=O) groups is 1. The molecule has 7 nitrogen and oxygen atoms in total. The molecule has 0 saturated carbocycles. The Morgan fingerprint density at radius 2 is 2.11 bits per heavy atom. The maximum atomic E-state index is 10.8. The summed E-state index contributed by atoms with van der Waals surface area (Å²) in [4.78, 5) is 10.8. The fraction of sp³-hybridized carbons (Fsp3) is 0.750. The summed E-state index contributed by atoms with van der Waals surface area (Å²) in [6.45, 7) is 3.63. The molecule has 0 spiro atoms. The molecule has 0 bridgehead atoms. The smallest absolute Gasteiger partial charge is 0.330 e. The standard InChI is InChI=1S/C12H18O7/c1-2-10(15)17-4-7(13)3-16-9-6-19-11-8(14)5-18-12(9)11/h2,7-9,11-14H,1,3-6H2. The first-order valence-electron chi connectivity index (χ1n) is 6.12. The summed E-state index contributed by atoms with van der Waals surface area (Å²) in [5, 5.41) is 19.1. The average molecular weight is 274 g/mol. The molecule has 7 heteroatoms. The highest BCUT2D eigenvalue weighted by Gasteiger charge is 2.47. The minimum Gasteiger partial charge on any atom is -0.460 e. The molecule has 108 valence electrons. The molecule has 0 radical (unpaired) electrons. The van der Waals surface area contributed by atoms with Crippen molar-refractivity contribution in [2.24, 2.45) is 0 Å². The third kappa shape index (κ3) is 3.52. The van der Waals surface area contributed by atoms with Gasteiger partial charge in [0.1, 0.15) is 37.1 Å². The van der Waals surface area contributed by atoms with Crippen molar-refractivity contribution in [3.05, 3.63) is 12.7 Å². The summed E-state index contributed by atoms with van der Waals surface area (Å²) in [6.07, 6.45) is -1.52. The number of aliphatic hydroxyl groups excluding tert-OH is 2. The van der Waals surface area contributed by atoms with Gasteiger partial charge in [-0.3, -0.25) is 0 Å². The summed E-state index contributed by atoms with van der Waals surface area (Å²) in [5.41, 5.74) is 0. The number of ether oxygens (including phenoxy) is 4. The molecule has 2 aliphatic heterocycles. The lowest BCUT2D eigenvalue weighted by Crippen LogP contribution is -2.35. The molecular weight excluding hydrogens is 256 g/mol. The summed E-state index contributed by atoms with van der Waals surface area (Å²) in [6, 6.07) is 0. The predicted octanol–water partition coefficient (Wildman–Crippen LogP) is -1.38. The first kappa shape index (κ1) is 14.4. The van der Waals surface area contributed by atoms with E-state index in [1.165, 1.54) is 0 Å². The Morgan fingerprint density at radius 3 is 2.84 bits per heavy atom. The van der Waals surface area contributed by atoms with Crippen molar-refractivity contribution in [1.82, 2.24) is 0 Å². The Morgan fingerprint density at radius 1 is 1.37 bits per heavy atom. The van der Waals surface area contributed by atoms with Crippen LogP contribution in [0.15, 0.2) is 12.7 Å². The van der Waals surface area contributed by atoms with Crippen molar-refractivity contribution in [1.29, 1.82) is 0 Å². The van der Waals surface area contributed by atoms with Crippen LogP contribution in [0, 0.1) is 0 Å². The van der Waals surface area contributed by atoms with Crippen molar-refractivity contribution in [2.75, 3.05) is 26.4 Å². The number of esters is 1. The van der Waals surface area contributed by atoms with Crippen LogP contribution in [0.1, 0.15) is 0 Å². The zero-order valence-electron chi connectivity index (χ0n) is 10.4. The first-order chi connectivity index (χ1) is 9.11. The van der Waals surface area contributed by atoms with Crippen molar-refractivity contribution in [3.8, 4) is 0 Å². The lowest BCUT2D eigenvalue weighted by molar-refractivity contribution is -0.143. The zero-order valence-corrected chi connectivity index (χ0v) is 10.4. The van der Waals surface area contributed by atoms with E-state index < -0.39 is 18.2 Å². The SMILES string of the molecule is C=CC(=O)OCC(O)COC1COC2C(O)COC12. The van der Waals surface area contributed by atoms with Crippen LogP contribution in [-0.2, 0) is 23.7 Å². The molecule has 0 aromatic heterocycles. The highest BCUT2D eigenvalue weighted by Crippen LogP contribution is 2.28. The third-order valence-corrected chi connectivity index (χ3v) is 3.07. The number of aliphatic hydroxyl groups is 2. The molecule has 2 saturated heterocycles. The Labute approximate surface area is 110 Å². The Kier molecular flexibility index (Phi) is 4.89. The Balaban J connectivity index is 1.68. The number of hydrogen-bond acceptors (Lipinski definition) is 7. The van der Waals surface area contributed by atoms with E-state index in [1.807, 2.05) is 0 Å². The van der Waals surface area contributed by atoms with E-state index in [9.17, 15) is 15.0 Å². The fourth-order valence-corrected chi connectivity index (χ4v) is 2.11. The minimum atomic E-state index is -0.922. The van der Waals surface area contributed by atoms with E-state index in [-0.39, 0.29) is 38.1 Å². The van der Waals surface area contributed by atoms with Gasteiger partial charge in [0.25, 0.3) is 0 Å². The maximum Gasteiger partial charge on any atom is 0.330 e. The first-order valence-corrected chi connectivity index (χ1v) is 6.12. The monoisotopic (exact) mass is 274 g/mol. The van der Waals surface area contributed by atoms with Crippen LogP contribution in [-0.4, -0.2) is 73.1 Å². The highest BCUT2D eigenvalue weighted by molar-refractivity contribution is 5.81. The molecule has 5 atom stereocenters. The Hall–Kier alpha value is -0.990. The second kappa shape index (κ2) is 6.44. The number of rotatable bonds is 6. The number of carbonyl (C=O) groups excluding carboxylic acids is 1. The normalized spacial score (nSPS) is 34.8. The zero-order chi connectivity index (χ0) is 13.8. The summed E-state index contributed by atoms with van der Waals surface area (Å²) in [5.74, 6) is -0.592. The molecule has 2 fully saturated rings. The van der Waals surface area contributed by atoms with Crippen LogP contribution >= 0.6 is 0 Å². The van der Waals surface area contributed by atoms with Crippen LogP contribution in [0.2, 0.25) is 0 Å². The van der Waals surface area contributed by atoms with E-state index >= 15 is 0 Å². The quantitative estimate of drug-likeness (QED) is 0.455. The van der Waals surface area contributed by atoms with Gasteiger partial charge in [-0.1, -0.05) is 6.58 Å². The molecular formula is C12H18O7. The molecule has 2 N–H and O–H groups in total. The second-order valence-corrected chi connectivity index (χ2v) is 4.52. The molecule has 0 aromatic carbocycles. The number of fused-ring (bicyclic) bond motifs is 1. The summed E-state index contributed by atoms with van der Waals surface area (Å²) < 4.78 is 20.9. The van der Waals surface area contributed by atoms with Crippen LogP contribution in [0.5, 0.6) is 0 Å². The molecule has 0 amide bonds. The van der Waals surface area contributed by atoms with E-state index in [2.05, 4.69) is 11.3 Å². The number of hydrogen-bond donors (Lipinski definition) is 2. The van der Waals surface area contributed by atoms with Crippen LogP contribution in [0.4, 0.5) is 0 Å². The van der Waals surface area contributed by atoms with Gasteiger partial charge in [0.05, 0.1) is 19.8 Å². The van der Waals surface area contributed by atoms with Gasteiger partial charge < -0.3 is 29.2 Å². The fourth-order valence-electron chi connectivity index (χ4n) is 2.11. The van der Waals surface area contributed by atoms with Gasteiger partial charge in [-0.05, 0) is 0 Å². The lowest BCUT2D eigenvalue weighted by Gasteiger charge is -2.18. The lowest BCUT2D eigenvalue weighted by atomic mass is 10.1. The van der Waals surface area contributed by atoms with Gasteiger partial charge in [0, 0.05) is 6.08 Å². The Bertz CT molecular complexity index is 332. The molecule has 2 aliphatic rings. The minimum absolute atomic E-state index is 0.00112. The second-order valence-electron chi connectivity index (χ2n) is 4.52. The van der Waals surface area contributed by atoms with Crippen molar-refractivity contribution in [3.63, 3.8) is 0 Å². The van der Waals surface area contributed by atoms with Crippen molar-refractivity contribution >= 4 is 5.97 Å². The van der Waals surface area contributed by atoms with Crippen LogP contribution < -0.4 is 0 Å². The molecule has 5 unspecified atom stereocenters. The van der Waals surface area contributed by atoms with Crippen molar-refractivity contribution in [2.45, 2.75) is 30.5 Å². The van der Waals surface area contributed by atoms with Gasteiger partial charge in [0.15, 0.2) is 0 Å². The average Bonchev–Trinajstić information content (AvgIpc) is 2.97.